The van der Waals surface area contributed by atoms with Crippen molar-refractivity contribution < 1.29 is 4.74 Å². The third kappa shape index (κ3) is 2.59. The first-order valence-electron chi connectivity index (χ1n) is 7.59. The number of nitrogen functional groups attached to an aromatic ring is 1. The van der Waals surface area contributed by atoms with E-state index in [9.17, 15) is 0 Å². The van der Waals surface area contributed by atoms with E-state index in [2.05, 4.69) is 25.6 Å². The van der Waals surface area contributed by atoms with Gasteiger partial charge >= 0.3 is 0 Å². The van der Waals surface area contributed by atoms with Crippen molar-refractivity contribution in [3.8, 4) is 11.6 Å². The Bertz CT molecular complexity index is 1040. The van der Waals surface area contributed by atoms with E-state index in [1.54, 1.807) is 11.8 Å². The minimum Gasteiger partial charge on any atom is -0.495 e. The van der Waals surface area contributed by atoms with E-state index >= 15 is 0 Å². The lowest BCUT2D eigenvalue weighted by atomic mass is 10.3. The van der Waals surface area contributed by atoms with Gasteiger partial charge in [0.1, 0.15) is 23.3 Å². The molecule has 0 saturated carbocycles. The minimum atomic E-state index is 0.365. The summed E-state index contributed by atoms with van der Waals surface area (Å²) in [6.07, 6.45) is 1.43. The Kier molecular flexibility index (Phi) is 3.62. The summed E-state index contributed by atoms with van der Waals surface area (Å²) in [4.78, 5) is 8.50. The van der Waals surface area contributed by atoms with Gasteiger partial charge in [0.15, 0.2) is 11.6 Å². The van der Waals surface area contributed by atoms with Crippen LogP contribution in [-0.4, -0.2) is 32.1 Å². The number of ether oxygens (including phenoxy) is 1. The summed E-state index contributed by atoms with van der Waals surface area (Å²) >= 11 is 0. The third-order valence-corrected chi connectivity index (χ3v) is 3.78. The second-order valence-electron chi connectivity index (χ2n) is 5.27. The monoisotopic (exact) mass is 333 g/mol. The maximum Gasteiger partial charge on any atom is 0.184 e. The third-order valence-electron chi connectivity index (χ3n) is 3.78. The highest BCUT2D eigenvalue weighted by atomic mass is 16.5. The molecule has 2 heterocycles. The Morgan fingerprint density at radius 1 is 1.04 bits per heavy atom. The van der Waals surface area contributed by atoms with E-state index in [-0.39, 0.29) is 0 Å². The Hall–Kier alpha value is -3.68. The largest absolute Gasteiger partial charge is 0.495 e. The molecule has 0 aliphatic carbocycles. The summed E-state index contributed by atoms with van der Waals surface area (Å²) in [6, 6.07) is 15.1. The van der Waals surface area contributed by atoms with E-state index in [1.165, 1.54) is 6.33 Å². The fourth-order valence-electron chi connectivity index (χ4n) is 2.56. The lowest BCUT2D eigenvalue weighted by Crippen LogP contribution is -2.09. The van der Waals surface area contributed by atoms with Crippen LogP contribution in [0.4, 0.5) is 17.2 Å². The predicted octanol–water partition coefficient (Wildman–Crippen LogP) is 2.54. The highest BCUT2D eigenvalue weighted by Gasteiger charge is 2.15. The topological polar surface area (TPSA) is 104 Å². The molecular formula is C17H15N7O. The summed E-state index contributed by atoms with van der Waals surface area (Å²) in [6.45, 7) is 0. The van der Waals surface area contributed by atoms with Gasteiger partial charge in [-0.25, -0.2) is 9.97 Å². The molecule has 8 heteroatoms. The summed E-state index contributed by atoms with van der Waals surface area (Å²) < 4.78 is 6.94. The van der Waals surface area contributed by atoms with Crippen molar-refractivity contribution >= 4 is 28.2 Å². The summed E-state index contributed by atoms with van der Waals surface area (Å²) in [5.41, 5.74) is 8.99. The van der Waals surface area contributed by atoms with Gasteiger partial charge in [-0.3, -0.25) is 0 Å². The fourth-order valence-corrected chi connectivity index (χ4v) is 2.56. The molecule has 3 N–H and O–H groups in total. The molecule has 124 valence electrons. The Morgan fingerprint density at radius 2 is 1.84 bits per heavy atom. The van der Waals surface area contributed by atoms with Crippen molar-refractivity contribution in [1.82, 2.24) is 25.0 Å². The fraction of sp³-hybridized carbons (Fsp3) is 0.0588. The Labute approximate surface area is 143 Å². The van der Waals surface area contributed by atoms with Gasteiger partial charge in [0.25, 0.3) is 0 Å². The molecule has 4 rings (SSSR count). The van der Waals surface area contributed by atoms with Crippen molar-refractivity contribution in [2.75, 3.05) is 18.2 Å². The average Bonchev–Trinajstić information content (AvgIpc) is 3.08. The van der Waals surface area contributed by atoms with Crippen LogP contribution in [0.15, 0.2) is 54.9 Å². The number of anilines is 3. The molecule has 2 aromatic heterocycles. The zero-order valence-corrected chi connectivity index (χ0v) is 13.4. The number of nitrogens with two attached hydrogens (primary N) is 1. The van der Waals surface area contributed by atoms with E-state index in [0.29, 0.717) is 23.1 Å². The van der Waals surface area contributed by atoms with Gasteiger partial charge in [-0.15, -0.1) is 5.10 Å². The van der Waals surface area contributed by atoms with Crippen LogP contribution in [0.3, 0.4) is 0 Å². The molecule has 8 nitrogen and oxygen atoms in total. The molecular weight excluding hydrogens is 318 g/mol. The van der Waals surface area contributed by atoms with Crippen LogP contribution in [-0.2, 0) is 0 Å². The predicted molar refractivity (Wildman–Crippen MR) is 95.1 cm³/mol. The zero-order valence-electron chi connectivity index (χ0n) is 13.4. The van der Waals surface area contributed by atoms with E-state index in [4.69, 9.17) is 10.5 Å². The number of nitrogens with one attached hydrogen (secondary N) is 1. The van der Waals surface area contributed by atoms with E-state index in [1.807, 2.05) is 48.5 Å². The van der Waals surface area contributed by atoms with Gasteiger partial charge < -0.3 is 15.8 Å². The molecule has 0 amide bonds. The number of hydrogen-bond donors (Lipinski definition) is 2. The van der Waals surface area contributed by atoms with Crippen molar-refractivity contribution in [2.24, 2.45) is 0 Å². The highest BCUT2D eigenvalue weighted by molar-refractivity contribution is 5.80. The Morgan fingerprint density at radius 3 is 2.72 bits per heavy atom. The van der Waals surface area contributed by atoms with Crippen LogP contribution in [0, 0.1) is 0 Å². The van der Waals surface area contributed by atoms with Crippen LogP contribution in [0.2, 0.25) is 0 Å². The number of nitrogens with zero attached hydrogens (tertiary/aromatic N) is 5. The van der Waals surface area contributed by atoms with Crippen molar-refractivity contribution in [1.29, 1.82) is 0 Å². The molecule has 0 aliphatic heterocycles. The van der Waals surface area contributed by atoms with Crippen LogP contribution in [0.5, 0.6) is 5.75 Å². The van der Waals surface area contributed by atoms with Gasteiger partial charge in [0, 0.05) is 0 Å². The normalized spacial score (nSPS) is 10.8. The zero-order chi connectivity index (χ0) is 17.2. The van der Waals surface area contributed by atoms with Gasteiger partial charge in [-0.05, 0) is 24.3 Å². The van der Waals surface area contributed by atoms with Gasteiger partial charge in [-0.2, -0.15) is 4.68 Å². The lowest BCUT2D eigenvalue weighted by molar-refractivity contribution is 0.417. The highest BCUT2D eigenvalue weighted by Crippen LogP contribution is 2.30. The summed E-state index contributed by atoms with van der Waals surface area (Å²) in [5, 5.41) is 11.5. The molecule has 0 spiro atoms. The van der Waals surface area contributed by atoms with E-state index in [0.717, 1.165) is 16.7 Å². The minimum absolute atomic E-state index is 0.365. The maximum atomic E-state index is 6.29. The quantitative estimate of drug-likeness (QED) is 0.591. The number of para-hydroxylation sites is 3. The molecule has 0 unspecified atom stereocenters. The molecule has 2 aromatic carbocycles. The number of fused-ring (bicyclic) bond motifs is 1. The first-order valence-corrected chi connectivity index (χ1v) is 7.59. The van der Waals surface area contributed by atoms with Crippen molar-refractivity contribution in [3.05, 3.63) is 54.9 Å². The molecule has 0 atom stereocenters. The molecule has 0 radical (unpaired) electrons. The van der Waals surface area contributed by atoms with Crippen LogP contribution in [0.25, 0.3) is 16.9 Å². The molecule has 0 fully saturated rings. The molecule has 4 aromatic rings. The standard InChI is InChI=1S/C17H15N7O/c1-25-14-9-5-3-7-12(14)21-16-15(18)17(20-10-19-16)24-13-8-4-2-6-11(13)22-23-24/h2-10H,18H2,1H3,(H,19,20,21). The summed E-state index contributed by atoms with van der Waals surface area (Å²) in [5.74, 6) is 1.61. The number of aromatic nitrogens is 5. The first-order chi connectivity index (χ1) is 12.3. The van der Waals surface area contributed by atoms with E-state index < -0.39 is 0 Å². The molecule has 0 bridgehead atoms. The molecule has 0 aliphatic rings. The number of rotatable bonds is 4. The maximum absolute atomic E-state index is 6.29. The Balaban J connectivity index is 1.78. The second-order valence-corrected chi connectivity index (χ2v) is 5.27. The number of methoxy groups -OCH3 is 1. The van der Waals surface area contributed by atoms with Gasteiger partial charge in [0.2, 0.25) is 0 Å². The van der Waals surface area contributed by atoms with Gasteiger partial charge in [-0.1, -0.05) is 29.5 Å². The van der Waals surface area contributed by atoms with Gasteiger partial charge in [0.05, 0.1) is 18.3 Å². The average molecular weight is 333 g/mol. The number of benzene rings is 2. The SMILES string of the molecule is COc1ccccc1Nc1ncnc(-n2nnc3ccccc32)c1N. The number of hydrogen-bond acceptors (Lipinski definition) is 7. The van der Waals surface area contributed by atoms with Crippen molar-refractivity contribution in [3.63, 3.8) is 0 Å². The lowest BCUT2D eigenvalue weighted by Gasteiger charge is -2.13. The first kappa shape index (κ1) is 14.9. The van der Waals surface area contributed by atoms with Crippen LogP contribution < -0.4 is 15.8 Å². The van der Waals surface area contributed by atoms with Crippen LogP contribution in [0.1, 0.15) is 0 Å². The van der Waals surface area contributed by atoms with Crippen LogP contribution >= 0.6 is 0 Å². The molecule has 0 saturated heterocycles. The smallest absolute Gasteiger partial charge is 0.184 e. The van der Waals surface area contributed by atoms with Crippen molar-refractivity contribution in [2.45, 2.75) is 0 Å². The second kappa shape index (κ2) is 6.08. The summed E-state index contributed by atoms with van der Waals surface area (Å²) in [7, 11) is 1.61. The molecule has 25 heavy (non-hydrogen) atoms.